The average molecular weight is 330 g/mol. The molecule has 0 amide bonds. The molecule has 23 heavy (non-hydrogen) atoms. The van der Waals surface area contributed by atoms with E-state index in [1.54, 1.807) is 0 Å². The van der Waals surface area contributed by atoms with Gasteiger partial charge in [-0.15, -0.1) is 11.3 Å². The number of thiophene rings is 1. The molecule has 0 fully saturated rings. The summed E-state index contributed by atoms with van der Waals surface area (Å²) in [5.41, 5.74) is 9.06. The van der Waals surface area contributed by atoms with Gasteiger partial charge < -0.3 is 5.73 Å². The molecule has 0 unspecified atom stereocenters. The molecule has 2 rings (SSSR count). The van der Waals surface area contributed by atoms with Gasteiger partial charge in [-0.05, 0) is 44.9 Å². The minimum Gasteiger partial charge on any atom is -0.327 e. The van der Waals surface area contributed by atoms with E-state index in [4.69, 9.17) is 5.73 Å². The molecule has 0 bridgehead atoms. The fourth-order valence-corrected chi connectivity index (χ4v) is 3.15. The zero-order chi connectivity index (χ0) is 17.8. The second-order valence-electron chi connectivity index (χ2n) is 4.87. The van der Waals surface area contributed by atoms with Crippen molar-refractivity contribution < 1.29 is 0 Å². The van der Waals surface area contributed by atoms with Gasteiger partial charge in [-0.1, -0.05) is 62.4 Å². The van der Waals surface area contributed by atoms with Crippen LogP contribution in [0.1, 0.15) is 50.6 Å². The first kappa shape index (κ1) is 21.4. The monoisotopic (exact) mass is 329 g/mol. The molecule has 2 heteroatoms. The van der Waals surface area contributed by atoms with E-state index in [9.17, 15) is 0 Å². The Bertz CT molecular complexity index is 660. The number of fused-ring (bicyclic) bond motifs is 1. The van der Waals surface area contributed by atoms with Crippen molar-refractivity contribution >= 4 is 33.6 Å². The Labute approximate surface area is 146 Å². The topological polar surface area (TPSA) is 26.0 Å². The van der Waals surface area contributed by atoms with Gasteiger partial charge in [0.05, 0.1) is 0 Å². The maximum atomic E-state index is 5.21. The Morgan fingerprint density at radius 2 is 1.91 bits per heavy atom. The lowest BCUT2D eigenvalue weighted by atomic mass is 10.1. The molecule has 0 atom stereocenters. The second-order valence-corrected chi connectivity index (χ2v) is 5.93. The highest BCUT2D eigenvalue weighted by molar-refractivity contribution is 7.20. The quantitative estimate of drug-likeness (QED) is 0.614. The van der Waals surface area contributed by atoms with Crippen LogP contribution >= 0.6 is 11.3 Å². The summed E-state index contributed by atoms with van der Waals surface area (Å²) in [6.45, 7) is 16.8. The summed E-state index contributed by atoms with van der Waals surface area (Å²) in [7, 11) is 0. The van der Waals surface area contributed by atoms with E-state index < -0.39 is 0 Å². The molecule has 0 aliphatic carbocycles. The molecule has 126 valence electrons. The van der Waals surface area contributed by atoms with Crippen LogP contribution in [0, 0.1) is 6.92 Å². The third-order valence-corrected chi connectivity index (χ3v) is 4.64. The van der Waals surface area contributed by atoms with Gasteiger partial charge in [0, 0.05) is 21.5 Å². The number of hydrogen-bond donors (Lipinski definition) is 1. The summed E-state index contributed by atoms with van der Waals surface area (Å²) in [4.78, 5) is 1.30. The summed E-state index contributed by atoms with van der Waals surface area (Å²) >= 11 is 1.84. The number of nitrogens with two attached hydrogens (primary N) is 1. The van der Waals surface area contributed by atoms with Crippen molar-refractivity contribution in [1.82, 2.24) is 0 Å². The zero-order valence-corrected chi connectivity index (χ0v) is 16.3. The summed E-state index contributed by atoms with van der Waals surface area (Å²) < 4.78 is 1.38. The zero-order valence-electron chi connectivity index (χ0n) is 15.4. The molecule has 0 radical (unpaired) electrons. The smallest absolute Gasteiger partial charge is 0.0384 e. The Hall–Kier alpha value is -1.64. The van der Waals surface area contributed by atoms with Crippen LogP contribution in [-0.2, 0) is 0 Å². The van der Waals surface area contributed by atoms with Crippen LogP contribution in [0.5, 0.6) is 0 Å². The summed E-state index contributed by atoms with van der Waals surface area (Å²) in [5.74, 6) is 0. The summed E-state index contributed by atoms with van der Waals surface area (Å²) in [6.07, 6.45) is 8.20. The van der Waals surface area contributed by atoms with Crippen LogP contribution in [0.2, 0.25) is 0 Å². The van der Waals surface area contributed by atoms with Crippen molar-refractivity contribution in [2.45, 2.75) is 41.5 Å². The van der Waals surface area contributed by atoms with E-state index >= 15 is 0 Å². The standard InChI is InChI=1S/C14H14S.C5H11N.C2H6/c1-4-7-13-11(5-2)12-9-6-8-10(3)14(12)15-13;1-3-5(2)4-6;1-2/h4-9H,2H2,1,3H3;3H,4,6H2,1-2H3;1-2H3/b7-4-;5-3-;. The summed E-state index contributed by atoms with van der Waals surface area (Å²) in [5, 5.41) is 1.32. The van der Waals surface area contributed by atoms with Crippen LogP contribution in [-0.4, -0.2) is 6.54 Å². The molecule has 0 aliphatic heterocycles. The van der Waals surface area contributed by atoms with Crippen LogP contribution in [0.15, 0.2) is 42.5 Å². The molecule has 0 saturated heterocycles. The van der Waals surface area contributed by atoms with Gasteiger partial charge in [-0.2, -0.15) is 0 Å². The van der Waals surface area contributed by atoms with Crippen LogP contribution in [0.4, 0.5) is 0 Å². The van der Waals surface area contributed by atoms with Crippen molar-refractivity contribution in [1.29, 1.82) is 0 Å². The molecule has 0 spiro atoms. The number of allylic oxidation sites excluding steroid dienone is 2. The van der Waals surface area contributed by atoms with Crippen LogP contribution in [0.3, 0.4) is 0 Å². The lowest BCUT2D eigenvalue weighted by molar-refractivity contribution is 1.13. The molecule has 1 nitrogen and oxygen atoms in total. The third-order valence-electron chi connectivity index (χ3n) is 3.32. The van der Waals surface area contributed by atoms with Crippen LogP contribution in [0.25, 0.3) is 22.2 Å². The van der Waals surface area contributed by atoms with Gasteiger partial charge in [0.1, 0.15) is 0 Å². The Morgan fingerprint density at radius 3 is 2.35 bits per heavy atom. The van der Waals surface area contributed by atoms with E-state index in [-0.39, 0.29) is 0 Å². The number of hydrogen-bond acceptors (Lipinski definition) is 2. The van der Waals surface area contributed by atoms with Crippen molar-refractivity contribution in [3.05, 3.63) is 58.5 Å². The summed E-state index contributed by atoms with van der Waals surface area (Å²) in [6, 6.07) is 6.44. The fraction of sp³-hybridized carbons (Fsp3) is 0.333. The molecule has 0 saturated carbocycles. The van der Waals surface area contributed by atoms with Crippen molar-refractivity contribution in [3.63, 3.8) is 0 Å². The Balaban J connectivity index is 0.000000515. The molecule has 1 aromatic carbocycles. The van der Waals surface area contributed by atoms with Crippen molar-refractivity contribution in [2.75, 3.05) is 6.54 Å². The van der Waals surface area contributed by atoms with Crippen molar-refractivity contribution in [2.24, 2.45) is 5.73 Å². The molecule has 2 N–H and O–H groups in total. The molecule has 0 aliphatic rings. The van der Waals surface area contributed by atoms with Gasteiger partial charge in [0.15, 0.2) is 0 Å². The van der Waals surface area contributed by atoms with E-state index in [1.807, 2.05) is 58.1 Å². The van der Waals surface area contributed by atoms with Gasteiger partial charge in [0.2, 0.25) is 0 Å². The van der Waals surface area contributed by atoms with E-state index in [1.165, 1.54) is 31.7 Å². The minimum absolute atomic E-state index is 0.691. The van der Waals surface area contributed by atoms with Crippen molar-refractivity contribution in [3.8, 4) is 0 Å². The van der Waals surface area contributed by atoms with Gasteiger partial charge in [0.25, 0.3) is 0 Å². The fourth-order valence-electron chi connectivity index (χ4n) is 1.90. The first-order valence-electron chi connectivity index (χ1n) is 8.18. The normalized spacial score (nSPS) is 10.8. The average Bonchev–Trinajstić information content (AvgIpc) is 2.95. The lowest BCUT2D eigenvalue weighted by Gasteiger charge is -1.94. The third kappa shape index (κ3) is 6.17. The first-order chi connectivity index (χ1) is 11.1. The SMILES string of the molecule is C/C=C(/C)CN.C=Cc1c(/C=C\C)sc2c(C)cccc12.CC. The minimum atomic E-state index is 0.691. The molecule has 1 heterocycles. The highest BCUT2D eigenvalue weighted by Crippen LogP contribution is 2.34. The Kier molecular flexibility index (Phi) is 11.0. The maximum absolute atomic E-state index is 5.21. The van der Waals surface area contributed by atoms with Gasteiger partial charge >= 0.3 is 0 Å². The predicted octanol–water partition coefficient (Wildman–Crippen LogP) is 6.82. The number of rotatable bonds is 3. The molecule has 1 aromatic heterocycles. The lowest BCUT2D eigenvalue weighted by Crippen LogP contribution is -1.98. The Morgan fingerprint density at radius 1 is 1.26 bits per heavy atom. The molecular weight excluding hydrogens is 298 g/mol. The highest BCUT2D eigenvalue weighted by Gasteiger charge is 2.08. The number of aryl methyl sites for hydroxylation is 1. The second kappa shape index (κ2) is 11.9. The first-order valence-corrected chi connectivity index (χ1v) is 8.99. The van der Waals surface area contributed by atoms with Gasteiger partial charge in [-0.3, -0.25) is 0 Å². The number of benzene rings is 1. The predicted molar refractivity (Wildman–Crippen MR) is 111 cm³/mol. The largest absolute Gasteiger partial charge is 0.327 e. The van der Waals surface area contributed by atoms with E-state index in [0.29, 0.717) is 6.54 Å². The molecular formula is C21H31NS. The van der Waals surface area contributed by atoms with E-state index in [0.717, 1.165) is 0 Å². The maximum Gasteiger partial charge on any atom is 0.0384 e. The highest BCUT2D eigenvalue weighted by atomic mass is 32.1. The van der Waals surface area contributed by atoms with E-state index in [2.05, 4.69) is 43.9 Å². The van der Waals surface area contributed by atoms with Crippen LogP contribution < -0.4 is 5.73 Å². The van der Waals surface area contributed by atoms with Gasteiger partial charge in [-0.25, -0.2) is 0 Å². The molecule has 2 aromatic rings.